The second-order valence-corrected chi connectivity index (χ2v) is 5.01. The molecule has 0 heterocycles. The molecule has 100 valence electrons. The van der Waals surface area contributed by atoms with Crippen LogP contribution in [0.1, 0.15) is 32.1 Å². The van der Waals surface area contributed by atoms with Crippen LogP contribution in [0.5, 0.6) is 0 Å². The van der Waals surface area contributed by atoms with E-state index in [1.54, 1.807) is 19.1 Å². The predicted molar refractivity (Wildman–Crippen MR) is 65.5 cm³/mol. The Kier molecular flexibility index (Phi) is 5.36. The van der Waals surface area contributed by atoms with Crippen LogP contribution in [0.4, 0.5) is 0 Å². The number of amides is 1. The van der Waals surface area contributed by atoms with Crippen molar-refractivity contribution in [1.82, 2.24) is 4.90 Å². The summed E-state index contributed by atoms with van der Waals surface area (Å²) < 4.78 is 4.90. The molecule has 1 atom stereocenters. The maximum atomic E-state index is 11.9. The second kappa shape index (κ2) is 6.33. The number of ether oxygens (including phenoxy) is 1. The highest BCUT2D eigenvalue weighted by Gasteiger charge is 2.34. The largest absolute Gasteiger partial charge is 0.388 e. The van der Waals surface area contributed by atoms with Gasteiger partial charge in [-0.15, -0.1) is 0 Å². The lowest BCUT2D eigenvalue weighted by atomic mass is 10.0. The number of rotatable bonds is 6. The van der Waals surface area contributed by atoms with E-state index in [0.29, 0.717) is 19.6 Å². The summed E-state index contributed by atoms with van der Waals surface area (Å²) in [4.78, 5) is 13.5. The minimum atomic E-state index is -0.703. The van der Waals surface area contributed by atoms with Gasteiger partial charge in [0.05, 0.1) is 11.6 Å². The third-order valence-corrected chi connectivity index (χ3v) is 3.39. The quantitative estimate of drug-likeness (QED) is 0.695. The van der Waals surface area contributed by atoms with E-state index in [1.165, 1.54) is 0 Å². The minimum Gasteiger partial charge on any atom is -0.388 e. The van der Waals surface area contributed by atoms with Gasteiger partial charge >= 0.3 is 0 Å². The van der Waals surface area contributed by atoms with Gasteiger partial charge in [0.2, 0.25) is 5.91 Å². The Labute approximate surface area is 103 Å². The van der Waals surface area contributed by atoms with Gasteiger partial charge in [-0.3, -0.25) is 4.79 Å². The van der Waals surface area contributed by atoms with Gasteiger partial charge in [-0.1, -0.05) is 12.8 Å². The monoisotopic (exact) mass is 244 g/mol. The summed E-state index contributed by atoms with van der Waals surface area (Å²) in [5.41, 5.74) is 5.07. The Balaban J connectivity index is 2.40. The standard InChI is InChI=1S/C12H24N2O3/c1-14(9-12(16)6-3-4-7-12)11(15)10(13)5-8-17-2/h10,16H,3-9,13H2,1-2H3. The zero-order valence-electron chi connectivity index (χ0n) is 10.8. The van der Waals surface area contributed by atoms with Crippen molar-refractivity contribution in [3.05, 3.63) is 0 Å². The summed E-state index contributed by atoms with van der Waals surface area (Å²) in [5.74, 6) is -0.123. The molecule has 0 aromatic carbocycles. The molecule has 5 heteroatoms. The van der Waals surface area contributed by atoms with Crippen LogP contribution >= 0.6 is 0 Å². The number of aliphatic hydroxyl groups is 1. The smallest absolute Gasteiger partial charge is 0.239 e. The summed E-state index contributed by atoms with van der Waals surface area (Å²) in [6, 6.07) is -0.537. The number of methoxy groups -OCH3 is 1. The number of hydrogen-bond acceptors (Lipinski definition) is 4. The average molecular weight is 244 g/mol. The van der Waals surface area contributed by atoms with Crippen LogP contribution in [-0.2, 0) is 9.53 Å². The fraction of sp³-hybridized carbons (Fsp3) is 0.917. The van der Waals surface area contributed by atoms with Gasteiger partial charge in [0, 0.05) is 27.3 Å². The fourth-order valence-corrected chi connectivity index (χ4v) is 2.36. The molecule has 0 aromatic heterocycles. The van der Waals surface area contributed by atoms with Crippen LogP contribution in [0.2, 0.25) is 0 Å². The van der Waals surface area contributed by atoms with Gasteiger partial charge < -0.3 is 20.5 Å². The molecular weight excluding hydrogens is 220 g/mol. The lowest BCUT2D eigenvalue weighted by Gasteiger charge is -2.30. The predicted octanol–water partition coefficient (Wildman–Crippen LogP) is 0.114. The van der Waals surface area contributed by atoms with E-state index >= 15 is 0 Å². The van der Waals surface area contributed by atoms with Crippen molar-refractivity contribution in [1.29, 1.82) is 0 Å². The first-order valence-corrected chi connectivity index (χ1v) is 6.20. The summed E-state index contributed by atoms with van der Waals surface area (Å²) in [6.45, 7) is 0.859. The molecule has 5 nitrogen and oxygen atoms in total. The van der Waals surface area contributed by atoms with Gasteiger partial charge in [-0.25, -0.2) is 0 Å². The first-order valence-electron chi connectivity index (χ1n) is 6.20. The summed E-state index contributed by atoms with van der Waals surface area (Å²) >= 11 is 0. The zero-order valence-corrected chi connectivity index (χ0v) is 10.8. The van der Waals surface area contributed by atoms with Crippen molar-refractivity contribution < 1.29 is 14.6 Å². The molecule has 1 saturated carbocycles. The number of carbonyl (C=O) groups is 1. The summed E-state index contributed by atoms with van der Waals surface area (Å²) in [7, 11) is 3.29. The second-order valence-electron chi connectivity index (χ2n) is 5.01. The topological polar surface area (TPSA) is 75.8 Å². The highest BCUT2D eigenvalue weighted by molar-refractivity contribution is 5.81. The van der Waals surface area contributed by atoms with Crippen LogP contribution in [0.25, 0.3) is 0 Å². The Morgan fingerprint density at radius 2 is 2.12 bits per heavy atom. The van der Waals surface area contributed by atoms with Gasteiger partial charge in [-0.05, 0) is 19.3 Å². The van der Waals surface area contributed by atoms with Gasteiger partial charge in [-0.2, -0.15) is 0 Å². The average Bonchev–Trinajstić information content (AvgIpc) is 2.71. The summed E-state index contributed by atoms with van der Waals surface area (Å²) in [6.07, 6.45) is 4.14. The highest BCUT2D eigenvalue weighted by atomic mass is 16.5. The van der Waals surface area contributed by atoms with Crippen molar-refractivity contribution >= 4 is 5.91 Å². The van der Waals surface area contributed by atoms with E-state index in [4.69, 9.17) is 10.5 Å². The third-order valence-electron chi connectivity index (χ3n) is 3.39. The molecule has 0 radical (unpaired) electrons. The molecule has 0 bridgehead atoms. The molecule has 3 N–H and O–H groups in total. The van der Waals surface area contributed by atoms with E-state index in [-0.39, 0.29) is 5.91 Å². The van der Waals surface area contributed by atoms with Crippen molar-refractivity contribution in [2.75, 3.05) is 27.3 Å². The van der Waals surface area contributed by atoms with E-state index in [9.17, 15) is 9.90 Å². The normalized spacial score (nSPS) is 20.2. The molecule has 1 aliphatic carbocycles. The maximum absolute atomic E-state index is 11.9. The molecule has 0 saturated heterocycles. The lowest BCUT2D eigenvalue weighted by Crippen LogP contribution is -2.48. The first-order chi connectivity index (χ1) is 7.98. The molecule has 1 aliphatic rings. The van der Waals surface area contributed by atoms with Gasteiger partial charge in [0.15, 0.2) is 0 Å². The fourth-order valence-electron chi connectivity index (χ4n) is 2.36. The number of carbonyl (C=O) groups excluding carboxylic acids is 1. The minimum absolute atomic E-state index is 0.123. The van der Waals surface area contributed by atoms with Crippen LogP contribution in [0.15, 0.2) is 0 Å². The number of hydrogen-bond donors (Lipinski definition) is 2. The maximum Gasteiger partial charge on any atom is 0.239 e. The Hall–Kier alpha value is -0.650. The first kappa shape index (κ1) is 14.4. The SMILES string of the molecule is COCCC(N)C(=O)N(C)CC1(O)CCCC1. The van der Waals surface area contributed by atoms with Gasteiger partial charge in [0.1, 0.15) is 0 Å². The molecule has 1 fully saturated rings. The number of likely N-dealkylation sites (N-methyl/N-ethyl adjacent to an activating group) is 1. The van der Waals surface area contributed by atoms with E-state index in [2.05, 4.69) is 0 Å². The van der Waals surface area contributed by atoms with Crippen molar-refractivity contribution in [2.45, 2.75) is 43.7 Å². The van der Waals surface area contributed by atoms with E-state index in [1.807, 2.05) is 0 Å². The number of nitrogens with two attached hydrogens (primary N) is 1. The summed E-state index contributed by atoms with van der Waals surface area (Å²) in [5, 5.41) is 10.2. The molecule has 1 unspecified atom stereocenters. The molecule has 0 spiro atoms. The van der Waals surface area contributed by atoms with Crippen LogP contribution in [-0.4, -0.2) is 54.9 Å². The van der Waals surface area contributed by atoms with Crippen LogP contribution < -0.4 is 5.73 Å². The number of nitrogens with zero attached hydrogens (tertiary/aromatic N) is 1. The van der Waals surface area contributed by atoms with E-state index < -0.39 is 11.6 Å². The third kappa shape index (κ3) is 4.26. The zero-order chi connectivity index (χ0) is 12.9. The molecule has 1 rings (SSSR count). The van der Waals surface area contributed by atoms with Crippen molar-refractivity contribution in [2.24, 2.45) is 5.73 Å². The Bertz CT molecular complexity index is 252. The highest BCUT2D eigenvalue weighted by Crippen LogP contribution is 2.29. The van der Waals surface area contributed by atoms with Gasteiger partial charge in [0.25, 0.3) is 0 Å². The van der Waals surface area contributed by atoms with Crippen molar-refractivity contribution in [3.63, 3.8) is 0 Å². The van der Waals surface area contributed by atoms with Crippen LogP contribution in [0.3, 0.4) is 0 Å². The van der Waals surface area contributed by atoms with E-state index in [0.717, 1.165) is 25.7 Å². The molecule has 1 amide bonds. The molecule has 0 aromatic rings. The molecule has 17 heavy (non-hydrogen) atoms. The Morgan fingerprint density at radius 3 is 2.65 bits per heavy atom. The Morgan fingerprint density at radius 1 is 1.53 bits per heavy atom. The molecular formula is C12H24N2O3. The van der Waals surface area contributed by atoms with Crippen LogP contribution in [0, 0.1) is 0 Å². The van der Waals surface area contributed by atoms with Crippen molar-refractivity contribution in [3.8, 4) is 0 Å². The molecule has 0 aliphatic heterocycles. The lowest BCUT2D eigenvalue weighted by molar-refractivity contribution is -0.134.